The van der Waals surface area contributed by atoms with Gasteiger partial charge in [-0.25, -0.2) is 4.98 Å². The Bertz CT molecular complexity index is 1100. The monoisotopic (exact) mass is 378 g/mol. The minimum absolute atomic E-state index is 0.00633. The third-order valence-electron chi connectivity index (χ3n) is 4.73. The van der Waals surface area contributed by atoms with Crippen LogP contribution < -0.4 is 10.6 Å². The highest BCUT2D eigenvalue weighted by Gasteiger charge is 2.15. The largest absolute Gasteiger partial charge is 0.376 e. The van der Waals surface area contributed by atoms with Gasteiger partial charge in [-0.15, -0.1) is 10.2 Å². The SMILES string of the molecule is C[C@@H](Nc1cc(N[C@H](C)c2cnnn2C)c2ccncc2n1)c1cnnn1C. The van der Waals surface area contributed by atoms with E-state index in [4.69, 9.17) is 4.98 Å². The van der Waals surface area contributed by atoms with Gasteiger partial charge in [-0.3, -0.25) is 14.3 Å². The lowest BCUT2D eigenvalue weighted by atomic mass is 10.1. The van der Waals surface area contributed by atoms with E-state index in [1.54, 1.807) is 34.2 Å². The number of aromatic nitrogens is 8. The molecule has 0 bridgehead atoms. The van der Waals surface area contributed by atoms with Crippen molar-refractivity contribution in [3.8, 4) is 0 Å². The molecule has 0 fully saturated rings. The van der Waals surface area contributed by atoms with Gasteiger partial charge >= 0.3 is 0 Å². The Morgan fingerprint density at radius 3 is 2.14 bits per heavy atom. The van der Waals surface area contributed by atoms with Crippen molar-refractivity contribution < 1.29 is 0 Å². The minimum Gasteiger partial charge on any atom is -0.376 e. The molecule has 0 aromatic carbocycles. The van der Waals surface area contributed by atoms with Gasteiger partial charge in [0.1, 0.15) is 5.82 Å². The number of pyridine rings is 2. The first-order chi connectivity index (χ1) is 13.5. The lowest BCUT2D eigenvalue weighted by Crippen LogP contribution is -2.14. The summed E-state index contributed by atoms with van der Waals surface area (Å²) >= 11 is 0. The first-order valence-corrected chi connectivity index (χ1v) is 9.00. The van der Waals surface area contributed by atoms with E-state index in [-0.39, 0.29) is 12.1 Å². The highest BCUT2D eigenvalue weighted by Crippen LogP contribution is 2.29. The van der Waals surface area contributed by atoms with Crippen molar-refractivity contribution in [2.75, 3.05) is 10.6 Å². The van der Waals surface area contributed by atoms with Crippen molar-refractivity contribution in [1.82, 2.24) is 40.0 Å². The first kappa shape index (κ1) is 17.8. The molecule has 0 unspecified atom stereocenters. The number of nitrogens with one attached hydrogen (secondary N) is 2. The zero-order valence-corrected chi connectivity index (χ0v) is 16.2. The molecular formula is C18H22N10. The highest BCUT2D eigenvalue weighted by atomic mass is 15.4. The van der Waals surface area contributed by atoms with Crippen LogP contribution in [0.4, 0.5) is 11.5 Å². The van der Waals surface area contributed by atoms with Gasteiger partial charge < -0.3 is 10.6 Å². The number of hydrogen-bond donors (Lipinski definition) is 2. The molecule has 4 heterocycles. The molecule has 0 aliphatic heterocycles. The minimum atomic E-state index is -0.00633. The highest BCUT2D eigenvalue weighted by molar-refractivity contribution is 5.92. The molecule has 10 heteroatoms. The summed E-state index contributed by atoms with van der Waals surface area (Å²) in [6, 6.07) is 3.97. The Morgan fingerprint density at radius 2 is 1.54 bits per heavy atom. The third-order valence-corrected chi connectivity index (χ3v) is 4.73. The van der Waals surface area contributed by atoms with Crippen LogP contribution in [0, 0.1) is 0 Å². The molecule has 2 atom stereocenters. The molecular weight excluding hydrogens is 356 g/mol. The number of aryl methyl sites for hydroxylation is 2. The van der Waals surface area contributed by atoms with Crippen LogP contribution in [0.25, 0.3) is 10.9 Å². The lowest BCUT2D eigenvalue weighted by molar-refractivity contribution is 0.651. The number of hydrogen-bond acceptors (Lipinski definition) is 8. The molecule has 4 rings (SSSR count). The number of anilines is 2. The molecule has 0 spiro atoms. The van der Waals surface area contributed by atoms with Gasteiger partial charge in [0.15, 0.2) is 0 Å². The Hall–Kier alpha value is -3.56. The fourth-order valence-electron chi connectivity index (χ4n) is 3.26. The van der Waals surface area contributed by atoms with Gasteiger partial charge in [0.05, 0.1) is 47.6 Å². The molecule has 0 aliphatic rings. The van der Waals surface area contributed by atoms with Crippen LogP contribution in [0.5, 0.6) is 0 Å². The van der Waals surface area contributed by atoms with Crippen molar-refractivity contribution in [2.45, 2.75) is 25.9 Å². The molecule has 2 N–H and O–H groups in total. The van der Waals surface area contributed by atoms with E-state index in [1.807, 2.05) is 33.2 Å². The Morgan fingerprint density at radius 1 is 0.893 bits per heavy atom. The second-order valence-corrected chi connectivity index (χ2v) is 6.74. The fourth-order valence-corrected chi connectivity index (χ4v) is 3.26. The van der Waals surface area contributed by atoms with Crippen LogP contribution in [0.1, 0.15) is 37.3 Å². The van der Waals surface area contributed by atoms with Gasteiger partial charge in [-0.2, -0.15) is 0 Å². The number of nitrogens with zero attached hydrogens (tertiary/aromatic N) is 8. The van der Waals surface area contributed by atoms with Crippen molar-refractivity contribution >= 4 is 22.4 Å². The molecule has 4 aromatic heterocycles. The summed E-state index contributed by atoms with van der Waals surface area (Å²) in [4.78, 5) is 8.92. The van der Waals surface area contributed by atoms with E-state index in [0.29, 0.717) is 0 Å². The molecule has 10 nitrogen and oxygen atoms in total. The van der Waals surface area contributed by atoms with Crippen LogP contribution >= 0.6 is 0 Å². The van der Waals surface area contributed by atoms with E-state index in [1.165, 1.54) is 0 Å². The zero-order valence-electron chi connectivity index (χ0n) is 16.2. The van der Waals surface area contributed by atoms with Gasteiger partial charge in [-0.1, -0.05) is 10.4 Å². The van der Waals surface area contributed by atoms with Crippen molar-refractivity contribution in [3.63, 3.8) is 0 Å². The topological polar surface area (TPSA) is 111 Å². The second kappa shape index (κ2) is 7.22. The van der Waals surface area contributed by atoms with E-state index in [2.05, 4.69) is 43.2 Å². The van der Waals surface area contributed by atoms with E-state index >= 15 is 0 Å². The van der Waals surface area contributed by atoms with Crippen LogP contribution in [0.2, 0.25) is 0 Å². The van der Waals surface area contributed by atoms with Gasteiger partial charge in [0, 0.05) is 37.4 Å². The van der Waals surface area contributed by atoms with Gasteiger partial charge in [-0.05, 0) is 19.9 Å². The second-order valence-electron chi connectivity index (χ2n) is 6.74. The average Bonchev–Trinajstić information content (AvgIpc) is 3.29. The average molecular weight is 378 g/mol. The van der Waals surface area contributed by atoms with E-state index < -0.39 is 0 Å². The molecule has 0 saturated carbocycles. The Labute approximate surface area is 162 Å². The molecule has 0 amide bonds. The lowest BCUT2D eigenvalue weighted by Gasteiger charge is -2.19. The van der Waals surface area contributed by atoms with Crippen LogP contribution in [-0.2, 0) is 14.1 Å². The predicted molar refractivity (Wildman–Crippen MR) is 106 cm³/mol. The van der Waals surface area contributed by atoms with Gasteiger partial charge in [0.25, 0.3) is 0 Å². The normalized spacial score (nSPS) is 13.4. The zero-order chi connectivity index (χ0) is 19.7. The number of fused-ring (bicyclic) bond motifs is 1. The maximum absolute atomic E-state index is 4.71. The predicted octanol–water partition coefficient (Wildman–Crippen LogP) is 2.23. The van der Waals surface area contributed by atoms with Crippen LogP contribution in [0.3, 0.4) is 0 Å². The molecule has 28 heavy (non-hydrogen) atoms. The maximum Gasteiger partial charge on any atom is 0.129 e. The number of rotatable bonds is 6. The standard InChI is InChI=1S/C18H22N10/c1-11(16-9-20-25-27(16)3)22-14-7-18(24-15-8-19-6-5-13(14)15)23-12(2)17-10-21-26-28(17)4/h5-12H,1-4H3,(H2,22,23,24)/t11-,12-/m1/s1. The Balaban J connectivity index is 1.67. The molecule has 0 radical (unpaired) electrons. The molecule has 144 valence electrons. The third kappa shape index (κ3) is 3.36. The summed E-state index contributed by atoms with van der Waals surface area (Å²) in [5.74, 6) is 0.743. The summed E-state index contributed by atoms with van der Waals surface area (Å²) in [5.41, 5.74) is 3.72. The van der Waals surface area contributed by atoms with Crippen LogP contribution in [-0.4, -0.2) is 40.0 Å². The van der Waals surface area contributed by atoms with Crippen molar-refractivity contribution in [2.24, 2.45) is 14.1 Å². The summed E-state index contributed by atoms with van der Waals surface area (Å²) in [6.45, 7) is 4.12. The Kier molecular flexibility index (Phi) is 4.60. The van der Waals surface area contributed by atoms with E-state index in [0.717, 1.165) is 33.8 Å². The summed E-state index contributed by atoms with van der Waals surface area (Å²) < 4.78 is 3.51. The maximum atomic E-state index is 4.71. The molecule has 4 aromatic rings. The summed E-state index contributed by atoms with van der Waals surface area (Å²) in [5, 5.41) is 23.9. The molecule has 0 saturated heterocycles. The van der Waals surface area contributed by atoms with Gasteiger partial charge in [0.2, 0.25) is 0 Å². The summed E-state index contributed by atoms with van der Waals surface area (Å²) in [6.07, 6.45) is 7.04. The van der Waals surface area contributed by atoms with Crippen molar-refractivity contribution in [3.05, 3.63) is 48.3 Å². The quantitative estimate of drug-likeness (QED) is 0.525. The van der Waals surface area contributed by atoms with E-state index in [9.17, 15) is 0 Å². The smallest absolute Gasteiger partial charge is 0.129 e. The fraction of sp³-hybridized carbons (Fsp3) is 0.333. The molecule has 0 aliphatic carbocycles. The van der Waals surface area contributed by atoms with Crippen molar-refractivity contribution in [1.29, 1.82) is 0 Å². The first-order valence-electron chi connectivity index (χ1n) is 9.00. The van der Waals surface area contributed by atoms with Crippen LogP contribution in [0.15, 0.2) is 36.9 Å². The summed E-state index contributed by atoms with van der Waals surface area (Å²) in [7, 11) is 3.75.